The lowest BCUT2D eigenvalue weighted by molar-refractivity contribution is -0.410. The normalized spacial score (nSPS) is 50.0. The third-order valence-corrected chi connectivity index (χ3v) is 4.52. The average molecular weight is 170 g/mol. The van der Waals surface area contributed by atoms with Crippen LogP contribution in [0.5, 0.6) is 0 Å². The predicted molar refractivity (Wildman–Crippen MR) is 46.7 cm³/mol. The molecule has 0 aromatic rings. The van der Waals surface area contributed by atoms with Crippen LogP contribution in [-0.4, -0.2) is 10.9 Å². The topological polar surface area (TPSA) is 29.5 Å². The van der Waals surface area contributed by atoms with Gasteiger partial charge in [-0.3, -0.25) is 5.26 Å². The molecule has 3 atom stereocenters. The van der Waals surface area contributed by atoms with Gasteiger partial charge in [0.1, 0.15) is 5.60 Å². The van der Waals surface area contributed by atoms with E-state index in [9.17, 15) is 0 Å². The van der Waals surface area contributed by atoms with E-state index in [1.807, 2.05) is 0 Å². The molecule has 3 fully saturated rings. The maximum absolute atomic E-state index is 8.91. The van der Waals surface area contributed by atoms with E-state index in [1.54, 1.807) is 0 Å². The second-order valence-corrected chi connectivity index (χ2v) is 5.13. The van der Waals surface area contributed by atoms with Crippen molar-refractivity contribution >= 4 is 0 Å². The Hall–Kier alpha value is -0.0800. The molecule has 70 valence electrons. The van der Waals surface area contributed by atoms with Gasteiger partial charge in [0.05, 0.1) is 0 Å². The molecule has 3 aliphatic carbocycles. The summed E-state index contributed by atoms with van der Waals surface area (Å²) in [6.45, 7) is 6.74. The SMILES string of the molecule is CC1CCC2(OO)CC1C2(C)C. The van der Waals surface area contributed by atoms with Crippen LogP contribution in [0.15, 0.2) is 0 Å². The van der Waals surface area contributed by atoms with Gasteiger partial charge in [0.15, 0.2) is 0 Å². The van der Waals surface area contributed by atoms with E-state index in [2.05, 4.69) is 20.8 Å². The van der Waals surface area contributed by atoms with E-state index in [4.69, 9.17) is 10.1 Å². The maximum Gasteiger partial charge on any atom is 0.109 e. The van der Waals surface area contributed by atoms with Crippen LogP contribution in [0.3, 0.4) is 0 Å². The van der Waals surface area contributed by atoms with Gasteiger partial charge in [-0.05, 0) is 31.1 Å². The fourth-order valence-electron chi connectivity index (χ4n) is 3.28. The van der Waals surface area contributed by atoms with Gasteiger partial charge in [-0.2, -0.15) is 0 Å². The van der Waals surface area contributed by atoms with Crippen molar-refractivity contribution < 1.29 is 10.1 Å². The van der Waals surface area contributed by atoms with Crippen molar-refractivity contribution in [2.24, 2.45) is 17.3 Å². The van der Waals surface area contributed by atoms with E-state index in [0.29, 0.717) is 0 Å². The summed E-state index contributed by atoms with van der Waals surface area (Å²) in [4.78, 5) is 4.71. The average Bonchev–Trinajstić information content (AvgIpc) is 2.04. The van der Waals surface area contributed by atoms with Crippen LogP contribution in [0.1, 0.15) is 40.0 Å². The molecule has 3 rings (SSSR count). The molecular formula is C10H18O2. The first-order valence-electron chi connectivity index (χ1n) is 4.86. The minimum absolute atomic E-state index is 0.180. The van der Waals surface area contributed by atoms with Crippen LogP contribution in [0.4, 0.5) is 0 Å². The number of hydrogen-bond acceptors (Lipinski definition) is 2. The summed E-state index contributed by atoms with van der Waals surface area (Å²) in [5.41, 5.74) is -0.0242. The van der Waals surface area contributed by atoms with Crippen LogP contribution in [-0.2, 0) is 4.89 Å². The summed E-state index contributed by atoms with van der Waals surface area (Å²) in [5.74, 6) is 1.55. The maximum atomic E-state index is 8.91. The Bertz CT molecular complexity index is 196. The first-order valence-corrected chi connectivity index (χ1v) is 4.86. The van der Waals surface area contributed by atoms with E-state index in [-0.39, 0.29) is 11.0 Å². The van der Waals surface area contributed by atoms with Crippen molar-refractivity contribution in [1.29, 1.82) is 0 Å². The van der Waals surface area contributed by atoms with Crippen LogP contribution < -0.4 is 0 Å². The highest BCUT2D eigenvalue weighted by Gasteiger charge is 2.65. The highest BCUT2D eigenvalue weighted by molar-refractivity contribution is 5.13. The summed E-state index contributed by atoms with van der Waals surface area (Å²) in [6.07, 6.45) is 3.28. The summed E-state index contributed by atoms with van der Waals surface area (Å²) in [5, 5.41) is 8.91. The van der Waals surface area contributed by atoms with Crippen molar-refractivity contribution in [3.05, 3.63) is 0 Å². The first-order chi connectivity index (χ1) is 5.53. The molecule has 0 saturated heterocycles. The fourth-order valence-corrected chi connectivity index (χ4v) is 3.28. The number of hydrogen-bond donors (Lipinski definition) is 1. The Morgan fingerprint density at radius 3 is 2.50 bits per heavy atom. The van der Waals surface area contributed by atoms with E-state index < -0.39 is 0 Å². The predicted octanol–water partition coefficient (Wildman–Crippen LogP) is 2.69. The zero-order chi connectivity index (χ0) is 8.98. The van der Waals surface area contributed by atoms with Gasteiger partial charge < -0.3 is 0 Å². The Morgan fingerprint density at radius 1 is 1.42 bits per heavy atom. The van der Waals surface area contributed by atoms with Crippen molar-refractivity contribution in [2.75, 3.05) is 0 Å². The lowest BCUT2D eigenvalue weighted by Crippen LogP contribution is -2.66. The van der Waals surface area contributed by atoms with Crippen LogP contribution >= 0.6 is 0 Å². The van der Waals surface area contributed by atoms with Crippen LogP contribution in [0.25, 0.3) is 0 Å². The Kier molecular flexibility index (Phi) is 1.59. The third-order valence-electron chi connectivity index (χ3n) is 4.52. The molecule has 2 nitrogen and oxygen atoms in total. The van der Waals surface area contributed by atoms with E-state index in [1.165, 1.54) is 6.42 Å². The standard InChI is InChI=1S/C10H18O2/c1-7-4-5-10(12-11)6-8(7)9(10,2)3/h7-8,11H,4-6H2,1-3H3. The number of fused-ring (bicyclic) bond motifs is 2. The molecule has 12 heavy (non-hydrogen) atoms. The Balaban J connectivity index is 2.23. The Labute approximate surface area is 73.8 Å². The fraction of sp³-hybridized carbons (Fsp3) is 1.00. The quantitative estimate of drug-likeness (QED) is 0.484. The summed E-state index contributed by atoms with van der Waals surface area (Å²) in [6, 6.07) is 0. The van der Waals surface area contributed by atoms with Crippen molar-refractivity contribution in [1.82, 2.24) is 0 Å². The highest BCUT2D eigenvalue weighted by atomic mass is 17.1. The minimum atomic E-state index is -0.204. The molecule has 1 N–H and O–H groups in total. The van der Waals surface area contributed by atoms with Gasteiger partial charge in [-0.1, -0.05) is 20.8 Å². The van der Waals surface area contributed by atoms with E-state index in [0.717, 1.165) is 24.7 Å². The van der Waals surface area contributed by atoms with E-state index >= 15 is 0 Å². The lowest BCUT2D eigenvalue weighted by Gasteiger charge is -2.65. The van der Waals surface area contributed by atoms with Crippen molar-refractivity contribution in [2.45, 2.75) is 45.6 Å². The minimum Gasteiger partial charge on any atom is -0.251 e. The Morgan fingerprint density at radius 2 is 2.08 bits per heavy atom. The van der Waals surface area contributed by atoms with Gasteiger partial charge in [0.2, 0.25) is 0 Å². The van der Waals surface area contributed by atoms with Crippen molar-refractivity contribution in [3.8, 4) is 0 Å². The molecule has 2 bridgehead atoms. The lowest BCUT2D eigenvalue weighted by atomic mass is 9.43. The molecule has 0 spiro atoms. The molecule has 0 aromatic carbocycles. The second-order valence-electron chi connectivity index (χ2n) is 5.13. The largest absolute Gasteiger partial charge is 0.251 e. The van der Waals surface area contributed by atoms with Crippen molar-refractivity contribution in [3.63, 3.8) is 0 Å². The molecule has 3 aliphatic rings. The molecule has 3 unspecified atom stereocenters. The van der Waals surface area contributed by atoms with Gasteiger partial charge >= 0.3 is 0 Å². The van der Waals surface area contributed by atoms with Crippen LogP contribution in [0, 0.1) is 17.3 Å². The molecule has 0 radical (unpaired) electrons. The third kappa shape index (κ3) is 0.728. The molecule has 3 saturated carbocycles. The first kappa shape index (κ1) is 8.52. The highest BCUT2D eigenvalue weighted by Crippen LogP contribution is 2.65. The molecule has 0 heterocycles. The van der Waals surface area contributed by atoms with Gasteiger partial charge in [-0.25, -0.2) is 4.89 Å². The number of rotatable bonds is 1. The summed E-state index contributed by atoms with van der Waals surface area (Å²) < 4.78 is 0. The molecule has 0 aromatic heterocycles. The zero-order valence-corrected chi connectivity index (χ0v) is 8.13. The smallest absolute Gasteiger partial charge is 0.109 e. The second kappa shape index (κ2) is 2.24. The van der Waals surface area contributed by atoms with Gasteiger partial charge in [0.25, 0.3) is 0 Å². The summed E-state index contributed by atoms with van der Waals surface area (Å²) in [7, 11) is 0. The summed E-state index contributed by atoms with van der Waals surface area (Å²) >= 11 is 0. The molecular weight excluding hydrogens is 152 g/mol. The van der Waals surface area contributed by atoms with Crippen LogP contribution in [0.2, 0.25) is 0 Å². The monoisotopic (exact) mass is 170 g/mol. The zero-order valence-electron chi connectivity index (χ0n) is 8.13. The molecule has 0 aliphatic heterocycles. The van der Waals surface area contributed by atoms with Gasteiger partial charge in [0, 0.05) is 5.41 Å². The molecule has 2 heteroatoms. The molecule has 0 amide bonds. The van der Waals surface area contributed by atoms with Gasteiger partial charge in [-0.15, -0.1) is 0 Å².